The third kappa shape index (κ3) is 5.24. The van der Waals surface area contributed by atoms with Crippen molar-refractivity contribution >= 4 is 0 Å². The van der Waals surface area contributed by atoms with E-state index in [0.717, 1.165) is 12.4 Å². The second kappa shape index (κ2) is 8.22. The molecule has 6 nitrogen and oxygen atoms in total. The minimum atomic E-state index is 0.186. The van der Waals surface area contributed by atoms with E-state index >= 15 is 0 Å². The first-order valence-corrected chi connectivity index (χ1v) is 7.11. The minimum Gasteiger partial charge on any atom is -0.380 e. The zero-order valence-corrected chi connectivity index (χ0v) is 12.8. The Kier molecular flexibility index (Phi) is 6.94. The normalized spacial score (nSPS) is 13.4. The van der Waals surface area contributed by atoms with Crippen LogP contribution in [0, 0.1) is 11.8 Å². The summed E-state index contributed by atoms with van der Waals surface area (Å²) in [6.45, 7) is 13.7. The molecule has 0 saturated heterocycles. The van der Waals surface area contributed by atoms with Crippen LogP contribution in [0.15, 0.2) is 0 Å². The Balaban J connectivity index is 2.66. The Morgan fingerprint density at radius 2 is 2.00 bits per heavy atom. The lowest BCUT2D eigenvalue weighted by Crippen LogP contribution is -2.27. The summed E-state index contributed by atoms with van der Waals surface area (Å²) in [5.41, 5.74) is 0. The Hall–Kier alpha value is -1.01. The van der Waals surface area contributed by atoms with E-state index in [-0.39, 0.29) is 6.04 Å². The lowest BCUT2D eigenvalue weighted by molar-refractivity contribution is 0.0890. The summed E-state index contributed by atoms with van der Waals surface area (Å²) in [5.74, 6) is 1.92. The highest BCUT2D eigenvalue weighted by molar-refractivity contribution is 4.85. The molecule has 0 amide bonds. The molecule has 110 valence electrons. The molecule has 0 bridgehead atoms. The fraction of sp³-hybridized carbons (Fsp3) is 0.923. The van der Waals surface area contributed by atoms with Crippen LogP contribution in [0.5, 0.6) is 0 Å². The van der Waals surface area contributed by atoms with Gasteiger partial charge in [0.15, 0.2) is 5.82 Å². The molecule has 1 unspecified atom stereocenters. The zero-order valence-electron chi connectivity index (χ0n) is 12.8. The van der Waals surface area contributed by atoms with Gasteiger partial charge in [0.05, 0.1) is 19.2 Å². The fourth-order valence-corrected chi connectivity index (χ4v) is 1.84. The van der Waals surface area contributed by atoms with E-state index in [9.17, 15) is 0 Å². The van der Waals surface area contributed by atoms with E-state index in [2.05, 4.69) is 48.5 Å². The minimum absolute atomic E-state index is 0.186. The predicted molar refractivity (Wildman–Crippen MR) is 74.7 cm³/mol. The van der Waals surface area contributed by atoms with Crippen LogP contribution in [0.3, 0.4) is 0 Å². The number of nitrogens with zero attached hydrogens (tertiary/aromatic N) is 4. The van der Waals surface area contributed by atoms with E-state index in [1.54, 1.807) is 0 Å². The van der Waals surface area contributed by atoms with Crippen LogP contribution < -0.4 is 5.32 Å². The Morgan fingerprint density at radius 3 is 2.58 bits per heavy atom. The van der Waals surface area contributed by atoms with Crippen molar-refractivity contribution in [1.29, 1.82) is 0 Å². The topological polar surface area (TPSA) is 64.9 Å². The Morgan fingerprint density at radius 1 is 1.26 bits per heavy atom. The van der Waals surface area contributed by atoms with Crippen molar-refractivity contribution in [3.05, 3.63) is 5.82 Å². The molecular formula is C13H27N5O. The summed E-state index contributed by atoms with van der Waals surface area (Å²) in [5, 5.41) is 15.4. The predicted octanol–water partition coefficient (Wildman–Crippen LogP) is 1.65. The number of ether oxygens (including phenoxy) is 1. The molecule has 0 aliphatic heterocycles. The number of hydrogen-bond donors (Lipinski definition) is 1. The number of aromatic nitrogens is 4. The molecule has 19 heavy (non-hydrogen) atoms. The highest BCUT2D eigenvalue weighted by Gasteiger charge is 2.20. The van der Waals surface area contributed by atoms with E-state index < -0.39 is 0 Å². The van der Waals surface area contributed by atoms with Gasteiger partial charge < -0.3 is 10.1 Å². The van der Waals surface area contributed by atoms with E-state index in [0.29, 0.717) is 31.6 Å². The van der Waals surface area contributed by atoms with Crippen molar-refractivity contribution in [3.8, 4) is 0 Å². The molecule has 0 aliphatic rings. The molecule has 0 aliphatic carbocycles. The van der Waals surface area contributed by atoms with Crippen LogP contribution in [0.25, 0.3) is 0 Å². The molecule has 0 saturated carbocycles. The summed E-state index contributed by atoms with van der Waals surface area (Å²) >= 11 is 0. The lowest BCUT2D eigenvalue weighted by Gasteiger charge is -2.21. The van der Waals surface area contributed by atoms with E-state index in [1.165, 1.54) is 0 Å². The smallest absolute Gasteiger partial charge is 0.165 e. The standard InChI is InChI=1S/C13H27N5O/c1-6-19-9-12(11(4)5)18-13(15-16-17-18)8-14-7-10(2)3/h10-12,14H,6-9H2,1-5H3. The first-order chi connectivity index (χ1) is 9.06. The largest absolute Gasteiger partial charge is 0.380 e. The average Bonchev–Trinajstić information content (AvgIpc) is 2.77. The van der Waals surface area contributed by atoms with E-state index in [1.807, 2.05) is 11.6 Å². The average molecular weight is 269 g/mol. The van der Waals surface area contributed by atoms with Crippen LogP contribution >= 0.6 is 0 Å². The van der Waals surface area contributed by atoms with Gasteiger partial charge in [0.2, 0.25) is 0 Å². The maximum absolute atomic E-state index is 5.54. The summed E-state index contributed by atoms with van der Waals surface area (Å²) in [4.78, 5) is 0. The molecule has 1 aromatic rings. The molecule has 0 radical (unpaired) electrons. The summed E-state index contributed by atoms with van der Waals surface area (Å²) in [6, 6.07) is 0.186. The van der Waals surface area contributed by atoms with Gasteiger partial charge in [0.1, 0.15) is 0 Å². The van der Waals surface area contributed by atoms with Gasteiger partial charge in [-0.25, -0.2) is 4.68 Å². The molecule has 6 heteroatoms. The number of tetrazole rings is 1. The first-order valence-electron chi connectivity index (χ1n) is 7.11. The van der Waals surface area contributed by atoms with Gasteiger partial charge in [-0.15, -0.1) is 5.10 Å². The second-order valence-electron chi connectivity index (χ2n) is 5.54. The molecular weight excluding hydrogens is 242 g/mol. The molecule has 1 N–H and O–H groups in total. The van der Waals surface area contributed by atoms with Crippen molar-refractivity contribution in [1.82, 2.24) is 25.5 Å². The van der Waals surface area contributed by atoms with Crippen molar-refractivity contribution in [2.45, 2.75) is 47.2 Å². The quantitative estimate of drug-likeness (QED) is 0.738. The van der Waals surface area contributed by atoms with Crippen LogP contribution in [-0.2, 0) is 11.3 Å². The van der Waals surface area contributed by atoms with Gasteiger partial charge in [0.25, 0.3) is 0 Å². The van der Waals surface area contributed by atoms with Crippen molar-refractivity contribution < 1.29 is 4.74 Å². The van der Waals surface area contributed by atoms with Gasteiger partial charge in [0, 0.05) is 6.61 Å². The SMILES string of the molecule is CCOCC(C(C)C)n1nnnc1CNCC(C)C. The molecule has 1 atom stereocenters. The molecule has 1 heterocycles. The van der Waals surface area contributed by atoms with Crippen molar-refractivity contribution in [3.63, 3.8) is 0 Å². The second-order valence-corrected chi connectivity index (χ2v) is 5.54. The molecule has 0 spiro atoms. The summed E-state index contributed by atoms with van der Waals surface area (Å²) in [7, 11) is 0. The molecule has 1 aromatic heterocycles. The van der Waals surface area contributed by atoms with Crippen LogP contribution in [0.4, 0.5) is 0 Å². The first kappa shape index (κ1) is 16.0. The maximum atomic E-state index is 5.54. The molecule has 1 rings (SSSR count). The van der Waals surface area contributed by atoms with Gasteiger partial charge in [-0.1, -0.05) is 27.7 Å². The van der Waals surface area contributed by atoms with Crippen LogP contribution in [-0.4, -0.2) is 40.0 Å². The lowest BCUT2D eigenvalue weighted by atomic mass is 10.1. The molecule has 0 fully saturated rings. The fourth-order valence-electron chi connectivity index (χ4n) is 1.84. The van der Waals surface area contributed by atoms with E-state index in [4.69, 9.17) is 4.74 Å². The highest BCUT2D eigenvalue weighted by atomic mass is 16.5. The highest BCUT2D eigenvalue weighted by Crippen LogP contribution is 2.18. The van der Waals surface area contributed by atoms with Crippen LogP contribution in [0.2, 0.25) is 0 Å². The third-order valence-corrected chi connectivity index (χ3v) is 2.97. The summed E-state index contributed by atoms with van der Waals surface area (Å²) in [6.07, 6.45) is 0. The summed E-state index contributed by atoms with van der Waals surface area (Å²) < 4.78 is 7.44. The van der Waals surface area contributed by atoms with Gasteiger partial charge in [-0.05, 0) is 35.7 Å². The van der Waals surface area contributed by atoms with Crippen molar-refractivity contribution in [2.75, 3.05) is 19.8 Å². The van der Waals surface area contributed by atoms with Crippen LogP contribution in [0.1, 0.15) is 46.5 Å². The Bertz CT molecular complexity index is 351. The zero-order chi connectivity index (χ0) is 14.3. The van der Waals surface area contributed by atoms with Gasteiger partial charge in [-0.2, -0.15) is 0 Å². The number of rotatable bonds is 9. The molecule has 0 aromatic carbocycles. The Labute approximate surface area is 115 Å². The maximum Gasteiger partial charge on any atom is 0.165 e. The number of nitrogens with one attached hydrogen (secondary N) is 1. The van der Waals surface area contributed by atoms with Gasteiger partial charge >= 0.3 is 0 Å². The number of hydrogen-bond acceptors (Lipinski definition) is 5. The third-order valence-electron chi connectivity index (χ3n) is 2.97. The van der Waals surface area contributed by atoms with Gasteiger partial charge in [-0.3, -0.25) is 0 Å². The van der Waals surface area contributed by atoms with Crippen molar-refractivity contribution in [2.24, 2.45) is 11.8 Å². The monoisotopic (exact) mass is 269 g/mol.